The molecule has 0 spiro atoms. The topological polar surface area (TPSA) is 55.1 Å². The monoisotopic (exact) mass is 370 g/mol. The molecule has 0 fully saturated rings. The third-order valence-electron chi connectivity index (χ3n) is 5.02. The largest absolute Gasteiger partial charge is 0.436 e. The van der Waals surface area contributed by atoms with Gasteiger partial charge in [-0.15, -0.1) is 0 Å². The molecule has 0 aliphatic heterocycles. The molecule has 0 saturated carbocycles. The van der Waals surface area contributed by atoms with Crippen LogP contribution in [0.15, 0.2) is 77.2 Å². The van der Waals surface area contributed by atoms with E-state index in [1.165, 1.54) is 5.56 Å². The average Bonchev–Trinajstić information content (AvgIpc) is 3.17. The van der Waals surface area contributed by atoms with Gasteiger partial charge in [-0.25, -0.2) is 4.98 Å². The minimum atomic E-state index is -0.132. The van der Waals surface area contributed by atoms with Crippen LogP contribution < -0.4 is 5.32 Å². The van der Waals surface area contributed by atoms with Gasteiger partial charge in [0, 0.05) is 16.8 Å². The minimum absolute atomic E-state index is 0.132. The minimum Gasteiger partial charge on any atom is -0.436 e. The summed E-state index contributed by atoms with van der Waals surface area (Å²) in [5.74, 6) is 0.946. The van der Waals surface area contributed by atoms with E-state index in [0.717, 1.165) is 28.8 Å². The molecule has 1 atom stereocenters. The lowest BCUT2D eigenvalue weighted by Crippen LogP contribution is -2.11. The summed E-state index contributed by atoms with van der Waals surface area (Å²) in [6.07, 6.45) is 1.09. The molecular weight excluding hydrogens is 348 g/mol. The number of carbonyl (C=O) groups is 1. The molecule has 28 heavy (non-hydrogen) atoms. The number of oxazole rings is 1. The number of amides is 1. The highest BCUT2D eigenvalue weighted by atomic mass is 16.3. The molecule has 140 valence electrons. The van der Waals surface area contributed by atoms with Crippen molar-refractivity contribution in [3.8, 4) is 11.5 Å². The number of benzene rings is 3. The predicted octanol–water partition coefficient (Wildman–Crippen LogP) is 6.26. The van der Waals surface area contributed by atoms with Crippen LogP contribution in [0.4, 0.5) is 5.69 Å². The van der Waals surface area contributed by atoms with Gasteiger partial charge in [0.2, 0.25) is 5.89 Å². The Kier molecular flexibility index (Phi) is 4.94. The van der Waals surface area contributed by atoms with Crippen LogP contribution in [0, 0.1) is 0 Å². The summed E-state index contributed by atoms with van der Waals surface area (Å²) in [5.41, 5.74) is 5.15. The molecule has 0 bridgehead atoms. The number of fused-ring (bicyclic) bond motifs is 1. The van der Waals surface area contributed by atoms with Crippen LogP contribution in [-0.2, 0) is 0 Å². The van der Waals surface area contributed by atoms with E-state index in [1.54, 1.807) is 12.1 Å². The molecule has 1 heterocycles. The van der Waals surface area contributed by atoms with Crippen LogP contribution in [0.3, 0.4) is 0 Å². The van der Waals surface area contributed by atoms with Crippen molar-refractivity contribution in [2.24, 2.45) is 0 Å². The van der Waals surface area contributed by atoms with E-state index in [0.29, 0.717) is 17.4 Å². The van der Waals surface area contributed by atoms with E-state index in [2.05, 4.69) is 36.3 Å². The lowest BCUT2D eigenvalue weighted by Gasteiger charge is -2.07. The number of anilines is 1. The fourth-order valence-electron chi connectivity index (χ4n) is 3.10. The Hall–Kier alpha value is -3.40. The maximum atomic E-state index is 12.3. The summed E-state index contributed by atoms with van der Waals surface area (Å²) >= 11 is 0. The van der Waals surface area contributed by atoms with Gasteiger partial charge in [0.15, 0.2) is 5.58 Å². The maximum absolute atomic E-state index is 12.3. The smallest absolute Gasteiger partial charge is 0.255 e. The molecule has 4 nitrogen and oxygen atoms in total. The second-order valence-electron chi connectivity index (χ2n) is 6.95. The van der Waals surface area contributed by atoms with Gasteiger partial charge in [-0.3, -0.25) is 4.79 Å². The Bertz CT molecular complexity index is 1100. The summed E-state index contributed by atoms with van der Waals surface area (Å²) in [4.78, 5) is 16.9. The molecule has 0 unspecified atom stereocenters. The fraction of sp³-hybridized carbons (Fsp3) is 0.167. The highest BCUT2D eigenvalue weighted by Gasteiger charge is 2.11. The fourth-order valence-corrected chi connectivity index (χ4v) is 3.10. The number of hydrogen-bond donors (Lipinski definition) is 1. The lowest BCUT2D eigenvalue weighted by molar-refractivity contribution is 0.102. The summed E-state index contributed by atoms with van der Waals surface area (Å²) in [7, 11) is 0. The molecule has 3 aromatic carbocycles. The Morgan fingerprint density at radius 1 is 1.04 bits per heavy atom. The SMILES string of the molecule is CC[C@H](C)c1ccc2oc(-c3ccc(NC(=O)c4ccccc4)cc3)nc2c1. The molecule has 1 aromatic heterocycles. The van der Waals surface area contributed by atoms with Crippen molar-refractivity contribution in [2.75, 3.05) is 5.32 Å². The first-order valence-corrected chi connectivity index (χ1v) is 9.51. The van der Waals surface area contributed by atoms with Crippen LogP contribution >= 0.6 is 0 Å². The quantitative estimate of drug-likeness (QED) is 0.451. The van der Waals surface area contributed by atoms with Crippen molar-refractivity contribution < 1.29 is 9.21 Å². The van der Waals surface area contributed by atoms with Crippen LogP contribution in [0.2, 0.25) is 0 Å². The van der Waals surface area contributed by atoms with E-state index < -0.39 is 0 Å². The molecule has 0 radical (unpaired) electrons. The molecule has 4 heteroatoms. The summed E-state index contributed by atoms with van der Waals surface area (Å²) in [6.45, 7) is 4.39. The molecular formula is C24H22N2O2. The lowest BCUT2D eigenvalue weighted by atomic mass is 9.98. The number of nitrogens with zero attached hydrogens (tertiary/aromatic N) is 1. The molecule has 0 aliphatic carbocycles. The van der Waals surface area contributed by atoms with Crippen molar-refractivity contribution in [3.63, 3.8) is 0 Å². The third kappa shape index (κ3) is 3.67. The highest BCUT2D eigenvalue weighted by Crippen LogP contribution is 2.28. The normalized spacial score (nSPS) is 12.1. The van der Waals surface area contributed by atoms with Gasteiger partial charge in [0.05, 0.1) is 0 Å². The zero-order valence-electron chi connectivity index (χ0n) is 16.0. The van der Waals surface area contributed by atoms with E-state index >= 15 is 0 Å². The van der Waals surface area contributed by atoms with Crippen molar-refractivity contribution in [3.05, 3.63) is 83.9 Å². The number of aromatic nitrogens is 1. The van der Waals surface area contributed by atoms with E-state index in [-0.39, 0.29) is 5.91 Å². The maximum Gasteiger partial charge on any atom is 0.255 e. The Balaban J connectivity index is 1.54. The van der Waals surface area contributed by atoms with Crippen LogP contribution in [0.5, 0.6) is 0 Å². The Morgan fingerprint density at radius 3 is 2.50 bits per heavy atom. The summed E-state index contributed by atoms with van der Waals surface area (Å²) in [5, 5.41) is 2.90. The second kappa shape index (κ2) is 7.69. The van der Waals surface area contributed by atoms with Gasteiger partial charge >= 0.3 is 0 Å². The third-order valence-corrected chi connectivity index (χ3v) is 5.02. The summed E-state index contributed by atoms with van der Waals surface area (Å²) < 4.78 is 5.91. The number of hydrogen-bond acceptors (Lipinski definition) is 3. The number of nitrogens with one attached hydrogen (secondary N) is 1. The molecule has 4 rings (SSSR count). The first-order valence-electron chi connectivity index (χ1n) is 9.51. The standard InChI is InChI=1S/C24H22N2O2/c1-3-16(2)19-11-14-22-21(15-19)26-24(28-22)18-9-12-20(13-10-18)25-23(27)17-7-5-4-6-8-17/h4-16H,3H2,1-2H3,(H,25,27)/t16-/m0/s1. The zero-order chi connectivity index (χ0) is 19.5. The van der Waals surface area contributed by atoms with Gasteiger partial charge in [-0.1, -0.05) is 38.1 Å². The van der Waals surface area contributed by atoms with Gasteiger partial charge in [0.1, 0.15) is 5.52 Å². The Morgan fingerprint density at radius 2 is 1.79 bits per heavy atom. The molecule has 1 amide bonds. The summed E-state index contributed by atoms with van der Waals surface area (Å²) in [6, 6.07) is 22.9. The number of rotatable bonds is 5. The van der Waals surface area contributed by atoms with Gasteiger partial charge in [-0.2, -0.15) is 0 Å². The van der Waals surface area contributed by atoms with E-state index in [1.807, 2.05) is 48.5 Å². The first kappa shape index (κ1) is 18.0. The van der Waals surface area contributed by atoms with E-state index in [9.17, 15) is 4.79 Å². The van der Waals surface area contributed by atoms with Crippen molar-refractivity contribution >= 4 is 22.7 Å². The molecule has 0 saturated heterocycles. The van der Waals surface area contributed by atoms with Gasteiger partial charge in [0.25, 0.3) is 5.91 Å². The van der Waals surface area contributed by atoms with Crippen LogP contribution in [0.25, 0.3) is 22.6 Å². The van der Waals surface area contributed by atoms with Crippen LogP contribution in [-0.4, -0.2) is 10.9 Å². The highest BCUT2D eigenvalue weighted by molar-refractivity contribution is 6.04. The second-order valence-corrected chi connectivity index (χ2v) is 6.95. The molecule has 0 aliphatic rings. The van der Waals surface area contributed by atoms with Crippen LogP contribution in [0.1, 0.15) is 42.1 Å². The predicted molar refractivity (Wildman–Crippen MR) is 113 cm³/mol. The Labute approximate surface area is 164 Å². The number of carbonyl (C=O) groups excluding carboxylic acids is 1. The first-order chi connectivity index (χ1) is 13.6. The van der Waals surface area contributed by atoms with Gasteiger partial charge < -0.3 is 9.73 Å². The van der Waals surface area contributed by atoms with E-state index in [4.69, 9.17) is 4.42 Å². The van der Waals surface area contributed by atoms with Crippen molar-refractivity contribution in [1.82, 2.24) is 4.98 Å². The average molecular weight is 370 g/mol. The van der Waals surface area contributed by atoms with Crippen molar-refractivity contribution in [1.29, 1.82) is 0 Å². The zero-order valence-corrected chi connectivity index (χ0v) is 16.0. The van der Waals surface area contributed by atoms with Crippen molar-refractivity contribution in [2.45, 2.75) is 26.2 Å². The molecule has 1 N–H and O–H groups in total. The molecule has 4 aromatic rings. The van der Waals surface area contributed by atoms with Gasteiger partial charge in [-0.05, 0) is 66.4 Å².